The third kappa shape index (κ3) is 1.56. The Morgan fingerprint density at radius 2 is 2.38 bits per heavy atom. The molecule has 1 aliphatic heterocycles. The van der Waals surface area contributed by atoms with Crippen molar-refractivity contribution in [3.63, 3.8) is 0 Å². The molecule has 0 unspecified atom stereocenters. The average Bonchev–Trinajstić information content (AvgIpc) is 2.49. The molecule has 0 aliphatic carbocycles. The molecule has 1 aromatic rings. The first-order chi connectivity index (χ1) is 6.25. The molecule has 0 saturated carbocycles. The number of rotatable bonds is 1. The third-order valence-electron chi connectivity index (χ3n) is 2.08. The van der Waals surface area contributed by atoms with E-state index in [9.17, 15) is 4.79 Å². The van der Waals surface area contributed by atoms with Gasteiger partial charge in [-0.25, -0.2) is 4.79 Å². The van der Waals surface area contributed by atoms with Gasteiger partial charge in [0.2, 0.25) is 0 Å². The van der Waals surface area contributed by atoms with Crippen LogP contribution in [0.4, 0.5) is 16.2 Å². The molecule has 0 radical (unpaired) electrons. The first kappa shape index (κ1) is 7.91. The molecule has 13 heavy (non-hydrogen) atoms. The van der Waals surface area contributed by atoms with Crippen molar-refractivity contribution in [2.45, 2.75) is 6.42 Å². The van der Waals surface area contributed by atoms with Crippen molar-refractivity contribution in [3.8, 4) is 0 Å². The van der Waals surface area contributed by atoms with Crippen LogP contribution in [0.15, 0.2) is 18.2 Å². The highest BCUT2D eigenvalue weighted by molar-refractivity contribution is 5.88. The summed E-state index contributed by atoms with van der Waals surface area (Å²) in [6, 6.07) is 5.21. The summed E-state index contributed by atoms with van der Waals surface area (Å²) in [4.78, 5) is 10.6. The molecular weight excluding hydrogens is 166 g/mol. The first-order valence-corrected chi connectivity index (χ1v) is 4.19. The molecular formula is C9H11N3O. The topological polar surface area (TPSA) is 67.2 Å². The molecule has 0 fully saturated rings. The molecule has 4 nitrogen and oxygen atoms in total. The van der Waals surface area contributed by atoms with Crippen LogP contribution in [0.5, 0.6) is 0 Å². The molecule has 1 heterocycles. The molecule has 1 aliphatic rings. The number of primary amides is 1. The maximum Gasteiger partial charge on any atom is 0.316 e. The largest absolute Gasteiger partial charge is 0.384 e. The van der Waals surface area contributed by atoms with Crippen molar-refractivity contribution in [1.82, 2.24) is 0 Å². The van der Waals surface area contributed by atoms with Gasteiger partial charge < -0.3 is 16.4 Å². The second-order valence-electron chi connectivity index (χ2n) is 3.04. The van der Waals surface area contributed by atoms with Crippen LogP contribution in [-0.2, 0) is 6.42 Å². The normalized spacial score (nSPS) is 13.2. The standard InChI is InChI=1S/C9H11N3O/c10-9(13)12-7-1-2-8-6(5-7)3-4-11-8/h1-2,5,11H,3-4H2,(H3,10,12,13). The fourth-order valence-electron chi connectivity index (χ4n) is 1.52. The molecule has 4 N–H and O–H groups in total. The summed E-state index contributed by atoms with van der Waals surface area (Å²) in [7, 11) is 0. The van der Waals surface area contributed by atoms with E-state index in [2.05, 4.69) is 10.6 Å². The lowest BCUT2D eigenvalue weighted by Crippen LogP contribution is -2.19. The third-order valence-corrected chi connectivity index (χ3v) is 2.08. The van der Waals surface area contributed by atoms with Gasteiger partial charge in [-0.3, -0.25) is 0 Å². The van der Waals surface area contributed by atoms with E-state index < -0.39 is 6.03 Å². The molecule has 4 heteroatoms. The molecule has 0 saturated heterocycles. The van der Waals surface area contributed by atoms with Gasteiger partial charge >= 0.3 is 6.03 Å². The maximum absolute atomic E-state index is 10.6. The number of nitrogens with one attached hydrogen (secondary N) is 2. The Kier molecular flexibility index (Phi) is 1.81. The van der Waals surface area contributed by atoms with Crippen LogP contribution in [-0.4, -0.2) is 12.6 Å². The number of amides is 2. The smallest absolute Gasteiger partial charge is 0.316 e. The number of benzene rings is 1. The number of nitrogens with two attached hydrogens (primary N) is 1. The molecule has 0 spiro atoms. The number of anilines is 2. The Labute approximate surface area is 76.1 Å². The van der Waals surface area contributed by atoms with Gasteiger partial charge in [-0.1, -0.05) is 0 Å². The van der Waals surface area contributed by atoms with E-state index in [-0.39, 0.29) is 0 Å². The van der Waals surface area contributed by atoms with E-state index in [1.54, 1.807) is 0 Å². The van der Waals surface area contributed by atoms with Gasteiger partial charge in [0.1, 0.15) is 0 Å². The van der Waals surface area contributed by atoms with Crippen LogP contribution >= 0.6 is 0 Å². The minimum atomic E-state index is -0.522. The van der Waals surface area contributed by atoms with Crippen LogP contribution in [0, 0.1) is 0 Å². The number of fused-ring (bicyclic) bond motifs is 1. The van der Waals surface area contributed by atoms with Crippen molar-refractivity contribution >= 4 is 17.4 Å². The number of carbonyl (C=O) groups is 1. The van der Waals surface area contributed by atoms with E-state index in [1.807, 2.05) is 18.2 Å². The van der Waals surface area contributed by atoms with Crippen LogP contribution in [0.2, 0.25) is 0 Å². The second kappa shape index (κ2) is 2.97. The highest BCUT2D eigenvalue weighted by Gasteiger charge is 2.09. The molecule has 68 valence electrons. The molecule has 0 aromatic heterocycles. The van der Waals surface area contributed by atoms with Gasteiger partial charge in [-0.2, -0.15) is 0 Å². The second-order valence-corrected chi connectivity index (χ2v) is 3.04. The molecule has 0 bridgehead atoms. The van der Waals surface area contributed by atoms with Crippen molar-refractivity contribution in [2.24, 2.45) is 5.73 Å². The molecule has 1 aromatic carbocycles. The van der Waals surface area contributed by atoms with E-state index in [4.69, 9.17) is 5.73 Å². The summed E-state index contributed by atoms with van der Waals surface area (Å²) in [6.07, 6.45) is 1.00. The van der Waals surface area contributed by atoms with Crippen LogP contribution in [0.1, 0.15) is 5.56 Å². The lowest BCUT2D eigenvalue weighted by molar-refractivity contribution is 0.259. The Morgan fingerprint density at radius 1 is 1.54 bits per heavy atom. The van der Waals surface area contributed by atoms with Crippen molar-refractivity contribution in [1.29, 1.82) is 0 Å². The highest BCUT2D eigenvalue weighted by Crippen LogP contribution is 2.24. The van der Waals surface area contributed by atoms with E-state index in [0.717, 1.165) is 24.3 Å². The van der Waals surface area contributed by atoms with Crippen LogP contribution < -0.4 is 16.4 Å². The molecule has 2 amide bonds. The lowest BCUT2D eigenvalue weighted by atomic mass is 10.1. The Morgan fingerprint density at radius 3 is 3.15 bits per heavy atom. The SMILES string of the molecule is NC(=O)Nc1ccc2c(c1)CCN2. The quantitative estimate of drug-likeness (QED) is 0.602. The van der Waals surface area contributed by atoms with Gasteiger partial charge in [0, 0.05) is 17.9 Å². The van der Waals surface area contributed by atoms with Crippen molar-refractivity contribution in [2.75, 3.05) is 17.2 Å². The summed E-state index contributed by atoms with van der Waals surface area (Å²) in [5.41, 5.74) is 8.14. The number of hydrogen-bond acceptors (Lipinski definition) is 2. The summed E-state index contributed by atoms with van der Waals surface area (Å²) < 4.78 is 0. The van der Waals surface area contributed by atoms with Crippen LogP contribution in [0.25, 0.3) is 0 Å². The zero-order valence-electron chi connectivity index (χ0n) is 7.13. The predicted octanol–water partition coefficient (Wildman–Crippen LogP) is 1.15. The summed E-state index contributed by atoms with van der Waals surface area (Å²) >= 11 is 0. The van der Waals surface area contributed by atoms with Gasteiger partial charge in [0.05, 0.1) is 0 Å². The number of hydrogen-bond donors (Lipinski definition) is 3. The van der Waals surface area contributed by atoms with Crippen molar-refractivity contribution in [3.05, 3.63) is 23.8 Å². The number of carbonyl (C=O) groups excluding carboxylic acids is 1. The summed E-state index contributed by atoms with van der Waals surface area (Å²) in [6.45, 7) is 0.968. The first-order valence-electron chi connectivity index (χ1n) is 4.19. The van der Waals surface area contributed by atoms with E-state index >= 15 is 0 Å². The predicted molar refractivity (Wildman–Crippen MR) is 51.8 cm³/mol. The van der Waals surface area contributed by atoms with Gasteiger partial charge in [-0.15, -0.1) is 0 Å². The average molecular weight is 177 g/mol. The van der Waals surface area contributed by atoms with Crippen LogP contribution in [0.3, 0.4) is 0 Å². The monoisotopic (exact) mass is 177 g/mol. The fraction of sp³-hybridized carbons (Fsp3) is 0.222. The van der Waals surface area contributed by atoms with Gasteiger partial charge in [0.25, 0.3) is 0 Å². The Balaban J connectivity index is 2.25. The van der Waals surface area contributed by atoms with E-state index in [1.165, 1.54) is 5.56 Å². The fourth-order valence-corrected chi connectivity index (χ4v) is 1.52. The lowest BCUT2D eigenvalue weighted by Gasteiger charge is -2.04. The maximum atomic E-state index is 10.6. The molecule has 0 atom stereocenters. The van der Waals surface area contributed by atoms with E-state index in [0.29, 0.717) is 0 Å². The molecule has 2 rings (SSSR count). The summed E-state index contributed by atoms with van der Waals surface area (Å²) in [5, 5.41) is 5.78. The minimum absolute atomic E-state index is 0.522. The van der Waals surface area contributed by atoms with Crippen molar-refractivity contribution < 1.29 is 4.79 Å². The minimum Gasteiger partial charge on any atom is -0.384 e. The zero-order chi connectivity index (χ0) is 9.26. The zero-order valence-corrected chi connectivity index (χ0v) is 7.13. The Bertz CT molecular complexity index is 349. The van der Waals surface area contributed by atoms with Gasteiger partial charge in [-0.05, 0) is 30.2 Å². The highest BCUT2D eigenvalue weighted by atomic mass is 16.2. The number of urea groups is 1. The van der Waals surface area contributed by atoms with Gasteiger partial charge in [0.15, 0.2) is 0 Å². The Hall–Kier alpha value is -1.71. The summed E-state index contributed by atoms with van der Waals surface area (Å²) in [5.74, 6) is 0.